The molecule has 0 atom stereocenters. The number of hydrogen-bond donors (Lipinski definition) is 0. The minimum atomic E-state index is -0.557. The van der Waals surface area contributed by atoms with Gasteiger partial charge in [0.15, 0.2) is 0 Å². The fourth-order valence-corrected chi connectivity index (χ4v) is 4.94. The topological polar surface area (TPSA) is 50.1 Å². The molecule has 1 aliphatic carbocycles. The summed E-state index contributed by atoms with van der Waals surface area (Å²) in [5.41, 5.74) is 1.79. The molecule has 0 amide bonds. The van der Waals surface area contributed by atoms with Gasteiger partial charge in [-0.15, -0.1) is 0 Å². The molecule has 4 heteroatoms. The molecule has 0 aliphatic heterocycles. The van der Waals surface area contributed by atoms with Gasteiger partial charge in [0, 0.05) is 5.39 Å². The third kappa shape index (κ3) is 5.42. The molecule has 170 valence electrons. The summed E-state index contributed by atoms with van der Waals surface area (Å²) < 4.78 is 19.8. The van der Waals surface area contributed by atoms with E-state index in [2.05, 4.69) is 19.1 Å². The Morgan fingerprint density at radius 3 is 2.48 bits per heavy atom. The maximum absolute atomic E-state index is 14.3. The summed E-state index contributed by atoms with van der Waals surface area (Å²) in [6, 6.07) is 17.4. The van der Waals surface area contributed by atoms with Crippen LogP contribution in [0.4, 0.5) is 4.39 Å². The molecule has 3 aromatic carbocycles. The Kier molecular flexibility index (Phi) is 7.40. The third-order valence-electron chi connectivity index (χ3n) is 6.94. The van der Waals surface area contributed by atoms with Gasteiger partial charge >= 0.3 is 5.97 Å². The molecule has 0 bridgehead atoms. The minimum Gasteiger partial charge on any atom is -0.423 e. The standard InChI is InChI=1S/C29H30FNO2/c1-2-3-4-5-20-6-8-21(9-7-20)22-10-12-23(13-11-22)29(32)33-26-16-17-27-24(18-26)14-15-25(19-31)28(27)30/h10-18,20-21H,2-9H2,1H3. The van der Waals surface area contributed by atoms with E-state index >= 15 is 0 Å². The number of carbonyl (C=O) groups is 1. The van der Waals surface area contributed by atoms with Crippen molar-refractivity contribution in [2.75, 3.05) is 0 Å². The summed E-state index contributed by atoms with van der Waals surface area (Å²) in [5, 5.41) is 9.88. The van der Waals surface area contributed by atoms with Crippen LogP contribution in [0.1, 0.15) is 85.7 Å². The quantitative estimate of drug-likeness (QED) is 0.212. The zero-order valence-corrected chi connectivity index (χ0v) is 19.1. The monoisotopic (exact) mass is 443 g/mol. The highest BCUT2D eigenvalue weighted by Crippen LogP contribution is 2.38. The Morgan fingerprint density at radius 2 is 1.79 bits per heavy atom. The van der Waals surface area contributed by atoms with Crippen molar-refractivity contribution >= 4 is 16.7 Å². The Hall–Kier alpha value is -3.19. The number of rotatable bonds is 7. The second-order valence-electron chi connectivity index (χ2n) is 9.15. The van der Waals surface area contributed by atoms with Gasteiger partial charge < -0.3 is 4.74 Å². The molecule has 0 N–H and O–H groups in total. The van der Waals surface area contributed by atoms with E-state index in [9.17, 15) is 9.18 Å². The molecule has 33 heavy (non-hydrogen) atoms. The molecule has 4 rings (SSSR count). The molecule has 0 heterocycles. The SMILES string of the molecule is CCCCCC1CCC(c2ccc(C(=O)Oc3ccc4c(F)c(C#N)ccc4c3)cc2)CC1. The lowest BCUT2D eigenvalue weighted by Gasteiger charge is -2.29. The van der Waals surface area contributed by atoms with Gasteiger partial charge in [0.25, 0.3) is 0 Å². The number of unbranched alkanes of at least 4 members (excludes halogenated alkanes) is 2. The van der Waals surface area contributed by atoms with Crippen molar-refractivity contribution in [1.82, 2.24) is 0 Å². The molecule has 0 aromatic heterocycles. The van der Waals surface area contributed by atoms with Crippen LogP contribution in [0.15, 0.2) is 54.6 Å². The van der Waals surface area contributed by atoms with Crippen LogP contribution < -0.4 is 4.74 Å². The lowest BCUT2D eigenvalue weighted by Crippen LogP contribution is -2.14. The van der Waals surface area contributed by atoms with E-state index in [-0.39, 0.29) is 5.56 Å². The summed E-state index contributed by atoms with van der Waals surface area (Å²) in [7, 11) is 0. The molecule has 3 aromatic rings. The van der Waals surface area contributed by atoms with E-state index in [0.29, 0.717) is 28.0 Å². The Labute approximate surface area is 195 Å². The first-order valence-corrected chi connectivity index (χ1v) is 12.0. The molecule has 1 aliphatic rings. The Balaban J connectivity index is 1.36. The van der Waals surface area contributed by atoms with Gasteiger partial charge in [-0.05, 0) is 84.9 Å². The largest absolute Gasteiger partial charge is 0.423 e. The fraction of sp³-hybridized carbons (Fsp3) is 0.379. The number of nitrogens with zero attached hydrogens (tertiary/aromatic N) is 1. The normalized spacial score (nSPS) is 18.1. The predicted molar refractivity (Wildman–Crippen MR) is 129 cm³/mol. The maximum Gasteiger partial charge on any atom is 0.343 e. The van der Waals surface area contributed by atoms with Gasteiger partial charge in [0.05, 0.1) is 11.1 Å². The van der Waals surface area contributed by atoms with Gasteiger partial charge in [0.2, 0.25) is 0 Å². The highest BCUT2D eigenvalue weighted by molar-refractivity contribution is 5.92. The first-order chi connectivity index (χ1) is 16.1. The lowest BCUT2D eigenvalue weighted by molar-refractivity contribution is 0.0735. The summed E-state index contributed by atoms with van der Waals surface area (Å²) in [4.78, 5) is 12.6. The van der Waals surface area contributed by atoms with Crippen LogP contribution in [-0.2, 0) is 0 Å². The molecule has 1 saturated carbocycles. The fourth-order valence-electron chi connectivity index (χ4n) is 4.94. The Morgan fingerprint density at radius 1 is 1.03 bits per heavy atom. The van der Waals surface area contributed by atoms with Crippen LogP contribution in [0.25, 0.3) is 10.8 Å². The summed E-state index contributed by atoms with van der Waals surface area (Å²) in [6.45, 7) is 2.26. The van der Waals surface area contributed by atoms with Crippen molar-refractivity contribution < 1.29 is 13.9 Å². The first-order valence-electron chi connectivity index (χ1n) is 12.0. The second-order valence-corrected chi connectivity index (χ2v) is 9.15. The third-order valence-corrected chi connectivity index (χ3v) is 6.94. The smallest absolute Gasteiger partial charge is 0.343 e. The van der Waals surface area contributed by atoms with Crippen molar-refractivity contribution in [3.05, 3.63) is 77.1 Å². The number of fused-ring (bicyclic) bond motifs is 1. The molecular weight excluding hydrogens is 413 g/mol. The van der Waals surface area contributed by atoms with E-state index in [0.717, 1.165) is 5.92 Å². The van der Waals surface area contributed by atoms with Gasteiger partial charge in [-0.1, -0.05) is 50.8 Å². The zero-order chi connectivity index (χ0) is 23.2. The number of esters is 1. The number of halogens is 1. The van der Waals surface area contributed by atoms with Crippen LogP contribution in [0, 0.1) is 23.1 Å². The predicted octanol–water partition coefficient (Wildman–Crippen LogP) is 7.92. The summed E-state index contributed by atoms with van der Waals surface area (Å²) >= 11 is 0. The van der Waals surface area contributed by atoms with E-state index in [1.807, 2.05) is 18.2 Å². The van der Waals surface area contributed by atoms with E-state index < -0.39 is 11.8 Å². The lowest BCUT2D eigenvalue weighted by atomic mass is 9.77. The van der Waals surface area contributed by atoms with Gasteiger partial charge in [0.1, 0.15) is 17.6 Å². The number of ether oxygens (including phenoxy) is 1. The molecule has 0 spiro atoms. The van der Waals surface area contributed by atoms with Gasteiger partial charge in [-0.3, -0.25) is 0 Å². The van der Waals surface area contributed by atoms with Gasteiger partial charge in [-0.25, -0.2) is 9.18 Å². The number of nitriles is 1. The van der Waals surface area contributed by atoms with Crippen LogP contribution >= 0.6 is 0 Å². The van der Waals surface area contributed by atoms with Crippen molar-refractivity contribution in [3.8, 4) is 11.8 Å². The van der Waals surface area contributed by atoms with Crippen LogP contribution in [0.2, 0.25) is 0 Å². The highest BCUT2D eigenvalue weighted by atomic mass is 19.1. The van der Waals surface area contributed by atoms with Crippen molar-refractivity contribution in [2.24, 2.45) is 5.92 Å². The van der Waals surface area contributed by atoms with Crippen LogP contribution in [0.3, 0.4) is 0 Å². The van der Waals surface area contributed by atoms with Crippen molar-refractivity contribution in [3.63, 3.8) is 0 Å². The van der Waals surface area contributed by atoms with Crippen LogP contribution in [-0.4, -0.2) is 5.97 Å². The average Bonchev–Trinajstić information content (AvgIpc) is 2.85. The minimum absolute atomic E-state index is 0.00249. The Bertz CT molecular complexity index is 1150. The number of hydrogen-bond acceptors (Lipinski definition) is 3. The number of benzene rings is 3. The van der Waals surface area contributed by atoms with Crippen LogP contribution in [0.5, 0.6) is 5.75 Å². The molecule has 0 saturated heterocycles. The highest BCUT2D eigenvalue weighted by Gasteiger charge is 2.22. The zero-order valence-electron chi connectivity index (χ0n) is 19.1. The van der Waals surface area contributed by atoms with E-state index in [4.69, 9.17) is 10.00 Å². The first kappa shape index (κ1) is 23.0. The maximum atomic E-state index is 14.3. The molecule has 0 radical (unpaired) electrons. The molecule has 1 fully saturated rings. The van der Waals surface area contributed by atoms with Gasteiger partial charge in [-0.2, -0.15) is 5.26 Å². The second kappa shape index (κ2) is 10.6. The average molecular weight is 444 g/mol. The summed E-state index contributed by atoms with van der Waals surface area (Å²) in [6.07, 6.45) is 10.4. The van der Waals surface area contributed by atoms with Crippen molar-refractivity contribution in [2.45, 2.75) is 64.2 Å². The summed E-state index contributed by atoms with van der Waals surface area (Å²) in [5.74, 6) is 0.810. The molecule has 0 unspecified atom stereocenters. The van der Waals surface area contributed by atoms with E-state index in [1.54, 1.807) is 18.2 Å². The number of carbonyl (C=O) groups excluding carboxylic acids is 1. The molecular formula is C29H30FNO2. The van der Waals surface area contributed by atoms with Crippen molar-refractivity contribution in [1.29, 1.82) is 5.26 Å². The van der Waals surface area contributed by atoms with E-state index in [1.165, 1.54) is 69.1 Å². The molecule has 3 nitrogen and oxygen atoms in total.